The summed E-state index contributed by atoms with van der Waals surface area (Å²) in [4.78, 5) is 286. The molecule has 5 heterocycles. The zero-order valence-corrected chi connectivity index (χ0v) is 80.4. The molecule has 133 heavy (non-hydrogen) atoms. The van der Waals surface area contributed by atoms with E-state index in [4.69, 9.17) is 11.5 Å². The van der Waals surface area contributed by atoms with Crippen LogP contribution in [0.4, 0.5) is 0 Å². The van der Waals surface area contributed by atoms with Gasteiger partial charge in [0.2, 0.25) is 112 Å². The Bertz CT molecular complexity index is 4110. The first-order valence-corrected chi connectivity index (χ1v) is 47.0. The summed E-state index contributed by atoms with van der Waals surface area (Å²) in [5.74, 6) is -20.0. The summed E-state index contributed by atoms with van der Waals surface area (Å²) < 4.78 is 0. The number of carboxylic acid groups (broad SMARTS) is 1. The Hall–Kier alpha value is -10.8. The minimum Gasteiger partial charge on any atom is -0.480 e. The maximum atomic E-state index is 14.9. The molecule has 0 aliphatic carbocycles. The van der Waals surface area contributed by atoms with Crippen LogP contribution in [0.15, 0.2) is 0 Å². The van der Waals surface area contributed by atoms with Gasteiger partial charge in [-0.25, -0.2) is 4.79 Å². The molecule has 0 saturated carbocycles. The van der Waals surface area contributed by atoms with Gasteiger partial charge in [0.1, 0.15) is 109 Å². The second-order valence-corrected chi connectivity index (χ2v) is 38.2. The maximum Gasteiger partial charge on any atom is 0.328 e. The molecule has 5 aliphatic heterocycles. The van der Waals surface area contributed by atoms with Crippen LogP contribution in [0.2, 0.25) is 0 Å². The lowest BCUT2D eigenvalue weighted by Crippen LogP contribution is -2.63. The zero-order valence-electron chi connectivity index (χ0n) is 80.4. The van der Waals surface area contributed by atoms with Gasteiger partial charge in [0, 0.05) is 39.1 Å². The topological polar surface area (TPSA) is 647 Å². The van der Waals surface area contributed by atoms with Crippen molar-refractivity contribution in [1.82, 2.24) is 93.6 Å². The number of rotatable bonds is 50. The smallest absolute Gasteiger partial charge is 0.328 e. The van der Waals surface area contributed by atoms with Crippen LogP contribution in [0.25, 0.3) is 0 Å². The molecule has 19 amide bonds. The predicted molar refractivity (Wildman–Crippen MR) is 483 cm³/mol. The first kappa shape index (κ1) is 113. The van der Waals surface area contributed by atoms with Crippen molar-refractivity contribution in [3.63, 3.8) is 0 Å². The molecule has 0 aromatic heterocycles. The van der Waals surface area contributed by atoms with Gasteiger partial charge in [0.25, 0.3) is 0 Å². The minimum atomic E-state index is -1.75. The van der Waals surface area contributed by atoms with Crippen molar-refractivity contribution in [2.24, 2.45) is 58.8 Å². The van der Waals surface area contributed by atoms with Crippen molar-refractivity contribution < 1.29 is 116 Å². The molecule has 5 saturated heterocycles. The van der Waals surface area contributed by atoms with Crippen molar-refractivity contribution in [2.75, 3.05) is 52.5 Å². The highest BCUT2D eigenvalue weighted by Gasteiger charge is 2.50. The molecule has 0 spiro atoms. The van der Waals surface area contributed by atoms with Gasteiger partial charge < -0.3 is 126 Å². The number of hydrogen-bond acceptors (Lipinski definition) is 24. The number of amides is 19. The van der Waals surface area contributed by atoms with Crippen LogP contribution in [0, 0.1) is 47.3 Å². The summed E-state index contributed by atoms with van der Waals surface area (Å²) in [6, 6.07) is -23.4. The summed E-state index contributed by atoms with van der Waals surface area (Å²) in [7, 11) is 0. The number of hydrogen-bond donors (Lipinski definition) is 19. The molecule has 0 aromatic carbocycles. The van der Waals surface area contributed by atoms with Crippen molar-refractivity contribution in [1.29, 1.82) is 0 Å². The molecular weight excluding hydrogens is 1730 g/mol. The average molecular weight is 1880 g/mol. The molecule has 5 aliphatic rings. The Morgan fingerprint density at radius 1 is 0.353 bits per heavy atom. The van der Waals surface area contributed by atoms with Gasteiger partial charge >= 0.3 is 5.97 Å². The molecule has 0 aromatic rings. The van der Waals surface area contributed by atoms with Crippen LogP contribution in [-0.4, -0.2) is 330 Å². The third-order valence-electron chi connectivity index (χ3n) is 25.3. The number of nitrogens with zero attached hydrogens (tertiary/aromatic N) is 5. The Morgan fingerprint density at radius 3 is 1.12 bits per heavy atom. The average Bonchev–Trinajstić information content (AvgIpc) is 1.64. The predicted octanol–water partition coefficient (Wildman–Crippen LogP) is -4.25. The van der Waals surface area contributed by atoms with E-state index < -0.39 is 288 Å². The van der Waals surface area contributed by atoms with Gasteiger partial charge in [-0.05, 0) is 145 Å². The Kier molecular flexibility index (Phi) is 44.7. The van der Waals surface area contributed by atoms with Crippen molar-refractivity contribution in [3.8, 4) is 0 Å². The lowest BCUT2D eigenvalue weighted by molar-refractivity contribution is -0.151. The molecule has 21 atom stereocenters. The molecule has 44 heteroatoms. The van der Waals surface area contributed by atoms with E-state index >= 15 is 0 Å². The summed E-state index contributed by atoms with van der Waals surface area (Å²) >= 11 is 0. The van der Waals surface area contributed by atoms with Crippen molar-refractivity contribution in [3.05, 3.63) is 0 Å². The molecule has 44 nitrogen and oxygen atoms in total. The highest BCUT2D eigenvalue weighted by atomic mass is 16.4. The minimum absolute atomic E-state index is 0.0145. The van der Waals surface area contributed by atoms with Crippen LogP contribution in [0.5, 0.6) is 0 Å². The van der Waals surface area contributed by atoms with Crippen LogP contribution in [-0.2, 0) is 95.9 Å². The number of nitrogens with one attached hydrogen (secondary N) is 13. The molecular formula is C89H150N20O24. The van der Waals surface area contributed by atoms with Gasteiger partial charge in [-0.1, -0.05) is 124 Å². The van der Waals surface area contributed by atoms with Gasteiger partial charge in [0.05, 0.1) is 25.9 Å². The number of aliphatic hydroxyl groups excluding tert-OH is 3. The van der Waals surface area contributed by atoms with E-state index in [1.54, 1.807) is 111 Å². The van der Waals surface area contributed by atoms with Gasteiger partial charge in [-0.15, -0.1) is 0 Å². The highest BCUT2D eigenvalue weighted by molar-refractivity contribution is 6.02. The lowest BCUT2D eigenvalue weighted by Gasteiger charge is -2.35. The normalized spacial score (nSPS) is 21.0. The monoisotopic (exact) mass is 1880 g/mol. The number of nitrogens with two attached hydrogens (primary N) is 2. The Morgan fingerprint density at radius 2 is 0.684 bits per heavy atom. The van der Waals surface area contributed by atoms with E-state index in [-0.39, 0.29) is 102 Å². The fraction of sp³-hybridized carbons (Fsp3) is 0.775. The van der Waals surface area contributed by atoms with Crippen LogP contribution < -0.4 is 80.6 Å². The summed E-state index contributed by atoms with van der Waals surface area (Å²) in [6.45, 7) is 27.8. The zero-order chi connectivity index (χ0) is 100. The molecule has 0 unspecified atom stereocenters. The first-order valence-electron chi connectivity index (χ1n) is 47.0. The van der Waals surface area contributed by atoms with E-state index in [0.717, 1.165) is 0 Å². The quantitative estimate of drug-likeness (QED) is 0.0274. The number of carbonyl (C=O) groups excluding carboxylic acids is 19. The Labute approximate surface area is 778 Å². The van der Waals surface area contributed by atoms with E-state index in [1.807, 2.05) is 0 Å². The SMILES string of the molecule is CC[C@H](C)[C@H](NC(=O)[C@H](C)NC(=O)[C@@H](NC(=O)[C@@H](N)CO)C(C)C)C(=O)N[C@@H](CCC(N)=O)C(=O)N1CCC[C@H]1C(=O)N1CCC[C@H]1C(=O)N1CCC[C@H]1C(=O)N[C@H](C(=O)N[C@H](C(=O)N[C@H](C(=O)N[C@H](C(=O)N[C@@H](CC(C)C)C(=O)N1CCC[C@H]1C(=O)NCC(=O)N1CCC[C@H]1C(=O)N[C@H](C(=O)N[C@@H](CC(C)C)C(=O)N[C@@H](CO)C(=O)O)[C@@H](C)CC)[C@@H](C)O)C(C)C)C(C)C)C(C)C. The number of carboxylic acids is 1. The summed E-state index contributed by atoms with van der Waals surface area (Å²) in [5.41, 5.74) is 11.2. The fourth-order valence-electron chi connectivity index (χ4n) is 17.0. The third-order valence-corrected chi connectivity index (χ3v) is 25.3. The maximum absolute atomic E-state index is 14.9. The number of likely N-dealkylation sites (tertiary alicyclic amines) is 5. The van der Waals surface area contributed by atoms with E-state index in [1.165, 1.54) is 38.3 Å². The first-order chi connectivity index (χ1) is 62.4. The lowest BCUT2D eigenvalue weighted by atomic mass is 9.96. The summed E-state index contributed by atoms with van der Waals surface area (Å²) in [6.07, 6.45) is 1.15. The van der Waals surface area contributed by atoms with Crippen LogP contribution >= 0.6 is 0 Å². The number of carbonyl (C=O) groups is 20. The van der Waals surface area contributed by atoms with Gasteiger partial charge in [0.15, 0.2) is 0 Å². The fourth-order valence-corrected chi connectivity index (χ4v) is 17.0. The van der Waals surface area contributed by atoms with E-state index in [9.17, 15) is 116 Å². The largest absolute Gasteiger partial charge is 0.480 e. The molecule has 750 valence electrons. The number of aliphatic carboxylic acids is 1. The van der Waals surface area contributed by atoms with Crippen LogP contribution in [0.3, 0.4) is 0 Å². The summed E-state index contributed by atoms with van der Waals surface area (Å²) in [5, 5.41) is 73.4. The molecule has 5 fully saturated rings. The van der Waals surface area contributed by atoms with Crippen molar-refractivity contribution >= 4 is 118 Å². The number of primary amides is 1. The Balaban J connectivity index is 1.22. The van der Waals surface area contributed by atoms with E-state index in [0.29, 0.717) is 44.9 Å². The molecule has 21 N–H and O–H groups in total. The van der Waals surface area contributed by atoms with Gasteiger partial charge in [-0.3, -0.25) is 91.1 Å². The second kappa shape index (κ2) is 52.8. The molecule has 0 radical (unpaired) electrons. The van der Waals surface area contributed by atoms with Crippen LogP contribution in [0.1, 0.15) is 227 Å². The molecule has 0 bridgehead atoms. The third kappa shape index (κ3) is 31.7. The number of aliphatic hydroxyl groups is 3. The van der Waals surface area contributed by atoms with Gasteiger partial charge in [-0.2, -0.15) is 0 Å². The standard InChI is InChI=1S/C89H150N20O24/c1-19-49(15)69(102-72(115)51(17)93-78(121)65(45(7)8)98-73(116)53(90)41-110)82(125)94-54(31-32-63(91)113)85(128)108-36-24-29-61(108)88(131)109-37-25-30-62(109)87(130)107-35-23-28-60(107)77(120)99-66(46(9)10)79(122)100-67(47(11)12)80(123)101-68(48(13)14)81(124)104-71(52(18)112)84(127)96-56(39-44(5)6)86(129)106-34-22-26-58(106)75(118)92-40-64(114)105-33-21-27-59(105)76(119)103-70(50(16)20-2)83(126)95-55(38-43(3)4)74(117)97-57(42-111)89(132)133/h43-62,65-71,110-112H,19-42,90H2,1-18H3,(H2,91,113)(H,92,118)(H,93,121)(H,94,125)(H,95,126)(H,96,127)(H,97,117)(H,98,116)(H,99,120)(H,100,122)(H,101,123)(H,102,115)(H,103,119)(H,104,124)(H,132,133)/t49-,50-,51-,52+,53-,54-,55-,56-,57-,58-,59-,60-,61-,62-,65-,66-,67-,68-,69-,70-,71-/m0/s1. The molecule has 5 rings (SSSR count). The van der Waals surface area contributed by atoms with Crippen molar-refractivity contribution in [2.45, 2.75) is 342 Å². The second-order valence-electron chi connectivity index (χ2n) is 38.2. The highest BCUT2D eigenvalue weighted by Crippen LogP contribution is 2.31. The van der Waals surface area contributed by atoms with E-state index in [2.05, 4.69) is 69.1 Å².